The van der Waals surface area contributed by atoms with E-state index in [-0.39, 0.29) is 18.4 Å². The van der Waals surface area contributed by atoms with Crippen molar-refractivity contribution in [2.24, 2.45) is 0 Å². The Morgan fingerprint density at radius 1 is 1.15 bits per heavy atom. The SMILES string of the molecule is CN(C)C(=O)c1ccc(NC(=O)CN2CCCc3cc(F)cc(F)c32)cc1. The molecule has 2 aromatic rings. The third-order valence-corrected chi connectivity index (χ3v) is 4.45. The van der Waals surface area contributed by atoms with Gasteiger partial charge in [-0.25, -0.2) is 8.78 Å². The maximum Gasteiger partial charge on any atom is 0.253 e. The van der Waals surface area contributed by atoms with Crippen LogP contribution in [0.4, 0.5) is 20.2 Å². The number of halogens is 2. The minimum absolute atomic E-state index is 0.0338. The average molecular weight is 373 g/mol. The Kier molecular flexibility index (Phi) is 5.39. The number of carbonyl (C=O) groups excluding carboxylic acids is 2. The van der Waals surface area contributed by atoms with Gasteiger partial charge in [0.05, 0.1) is 12.2 Å². The molecule has 0 aliphatic carbocycles. The van der Waals surface area contributed by atoms with E-state index < -0.39 is 11.6 Å². The molecule has 0 saturated heterocycles. The largest absolute Gasteiger partial charge is 0.360 e. The van der Waals surface area contributed by atoms with Gasteiger partial charge in [0.25, 0.3) is 5.91 Å². The number of hydrogen-bond acceptors (Lipinski definition) is 3. The summed E-state index contributed by atoms with van der Waals surface area (Å²) in [4.78, 5) is 27.4. The molecule has 2 amide bonds. The van der Waals surface area contributed by atoms with E-state index >= 15 is 0 Å². The van der Waals surface area contributed by atoms with Gasteiger partial charge < -0.3 is 15.1 Å². The van der Waals surface area contributed by atoms with Crippen molar-refractivity contribution in [2.45, 2.75) is 12.8 Å². The average Bonchev–Trinajstić information content (AvgIpc) is 2.61. The van der Waals surface area contributed by atoms with Crippen LogP contribution in [0.15, 0.2) is 36.4 Å². The molecule has 2 aromatic carbocycles. The molecular weight excluding hydrogens is 352 g/mol. The van der Waals surface area contributed by atoms with E-state index in [1.165, 1.54) is 11.0 Å². The summed E-state index contributed by atoms with van der Waals surface area (Å²) in [7, 11) is 3.33. The fourth-order valence-corrected chi connectivity index (χ4v) is 3.22. The minimum atomic E-state index is -0.649. The Labute approximate surface area is 156 Å². The third-order valence-electron chi connectivity index (χ3n) is 4.45. The van der Waals surface area contributed by atoms with E-state index in [1.807, 2.05) is 0 Å². The Balaban J connectivity index is 1.68. The number of amides is 2. The standard InChI is InChI=1S/C20H21F2N3O2/c1-24(2)20(27)13-5-7-16(8-6-13)23-18(26)12-25-9-3-4-14-10-15(21)11-17(22)19(14)25/h5-8,10-11H,3-4,9,12H2,1-2H3,(H,23,26). The number of rotatable bonds is 4. The van der Waals surface area contributed by atoms with Crippen LogP contribution >= 0.6 is 0 Å². The van der Waals surface area contributed by atoms with Gasteiger partial charge in [0.1, 0.15) is 11.6 Å². The highest BCUT2D eigenvalue weighted by Crippen LogP contribution is 2.30. The van der Waals surface area contributed by atoms with Crippen molar-refractivity contribution in [3.8, 4) is 0 Å². The zero-order chi connectivity index (χ0) is 19.6. The van der Waals surface area contributed by atoms with Crippen LogP contribution in [0.25, 0.3) is 0 Å². The number of aryl methyl sites for hydroxylation is 1. The van der Waals surface area contributed by atoms with Crippen LogP contribution in [0.5, 0.6) is 0 Å². The van der Waals surface area contributed by atoms with Gasteiger partial charge in [-0.15, -0.1) is 0 Å². The number of fused-ring (bicyclic) bond motifs is 1. The molecule has 142 valence electrons. The molecule has 1 heterocycles. The zero-order valence-corrected chi connectivity index (χ0v) is 15.3. The van der Waals surface area contributed by atoms with Gasteiger partial charge in [0.2, 0.25) is 5.91 Å². The molecule has 0 aromatic heterocycles. The molecule has 3 rings (SSSR count). The summed E-state index contributed by atoms with van der Waals surface area (Å²) >= 11 is 0. The summed E-state index contributed by atoms with van der Waals surface area (Å²) in [6.07, 6.45) is 1.31. The van der Waals surface area contributed by atoms with Gasteiger partial charge in [-0.05, 0) is 48.7 Å². The number of nitrogens with zero attached hydrogens (tertiary/aromatic N) is 2. The maximum absolute atomic E-state index is 14.2. The number of nitrogens with one attached hydrogen (secondary N) is 1. The number of hydrogen-bond donors (Lipinski definition) is 1. The van der Waals surface area contributed by atoms with Crippen molar-refractivity contribution in [1.82, 2.24) is 4.90 Å². The number of benzene rings is 2. The van der Waals surface area contributed by atoms with Crippen LogP contribution in [-0.2, 0) is 11.2 Å². The lowest BCUT2D eigenvalue weighted by molar-refractivity contribution is -0.115. The molecule has 1 N–H and O–H groups in total. The van der Waals surface area contributed by atoms with Crippen molar-refractivity contribution < 1.29 is 18.4 Å². The van der Waals surface area contributed by atoms with E-state index in [4.69, 9.17) is 0 Å². The van der Waals surface area contributed by atoms with Gasteiger partial charge in [0, 0.05) is 38.0 Å². The molecule has 5 nitrogen and oxygen atoms in total. The topological polar surface area (TPSA) is 52.7 Å². The summed E-state index contributed by atoms with van der Waals surface area (Å²) in [5, 5.41) is 2.74. The van der Waals surface area contributed by atoms with E-state index in [0.717, 1.165) is 12.5 Å². The van der Waals surface area contributed by atoms with Crippen molar-refractivity contribution in [2.75, 3.05) is 37.4 Å². The lowest BCUT2D eigenvalue weighted by Crippen LogP contribution is -2.37. The monoisotopic (exact) mass is 373 g/mol. The van der Waals surface area contributed by atoms with Crippen LogP contribution in [-0.4, -0.2) is 43.9 Å². The molecule has 1 aliphatic heterocycles. The first-order valence-corrected chi connectivity index (χ1v) is 8.69. The van der Waals surface area contributed by atoms with Crippen molar-refractivity contribution in [1.29, 1.82) is 0 Å². The van der Waals surface area contributed by atoms with Crippen LogP contribution in [0.3, 0.4) is 0 Å². The fraction of sp³-hybridized carbons (Fsp3) is 0.300. The second-order valence-corrected chi connectivity index (χ2v) is 6.75. The maximum atomic E-state index is 14.2. The smallest absolute Gasteiger partial charge is 0.253 e. The van der Waals surface area contributed by atoms with Gasteiger partial charge >= 0.3 is 0 Å². The van der Waals surface area contributed by atoms with Crippen LogP contribution in [0, 0.1) is 11.6 Å². The number of anilines is 2. The molecule has 0 fully saturated rings. The number of carbonyl (C=O) groups is 2. The summed E-state index contributed by atoms with van der Waals surface area (Å²) in [6.45, 7) is 0.493. The van der Waals surface area contributed by atoms with Gasteiger partial charge in [-0.1, -0.05) is 0 Å². The highest BCUT2D eigenvalue weighted by molar-refractivity contribution is 5.96. The fourth-order valence-electron chi connectivity index (χ4n) is 3.22. The Bertz CT molecular complexity index is 866. The second-order valence-electron chi connectivity index (χ2n) is 6.75. The highest BCUT2D eigenvalue weighted by Gasteiger charge is 2.23. The van der Waals surface area contributed by atoms with E-state index in [2.05, 4.69) is 5.32 Å². The van der Waals surface area contributed by atoms with Crippen molar-refractivity contribution in [3.05, 3.63) is 59.2 Å². The molecule has 0 bridgehead atoms. The van der Waals surface area contributed by atoms with E-state index in [9.17, 15) is 18.4 Å². The molecule has 0 atom stereocenters. The lowest BCUT2D eigenvalue weighted by atomic mass is 10.0. The summed E-state index contributed by atoms with van der Waals surface area (Å²) in [6, 6.07) is 8.73. The van der Waals surface area contributed by atoms with Crippen LogP contribution in [0.2, 0.25) is 0 Å². The first-order valence-electron chi connectivity index (χ1n) is 8.69. The quantitative estimate of drug-likeness (QED) is 0.896. The normalized spacial score (nSPS) is 13.1. The predicted molar refractivity (Wildman–Crippen MR) is 100.0 cm³/mol. The zero-order valence-electron chi connectivity index (χ0n) is 15.3. The van der Waals surface area contributed by atoms with Gasteiger partial charge in [0.15, 0.2) is 0 Å². The Morgan fingerprint density at radius 2 is 1.85 bits per heavy atom. The minimum Gasteiger partial charge on any atom is -0.360 e. The summed E-state index contributed by atoms with van der Waals surface area (Å²) < 4.78 is 27.6. The van der Waals surface area contributed by atoms with Crippen LogP contribution < -0.4 is 10.2 Å². The Morgan fingerprint density at radius 3 is 2.52 bits per heavy atom. The summed E-state index contributed by atoms with van der Waals surface area (Å²) in [5.74, 6) is -1.69. The van der Waals surface area contributed by atoms with Crippen LogP contribution in [0.1, 0.15) is 22.3 Å². The molecular formula is C20H21F2N3O2. The van der Waals surface area contributed by atoms with E-state index in [1.54, 1.807) is 43.3 Å². The van der Waals surface area contributed by atoms with E-state index in [0.29, 0.717) is 35.5 Å². The molecule has 0 saturated carbocycles. The lowest BCUT2D eigenvalue weighted by Gasteiger charge is -2.31. The highest BCUT2D eigenvalue weighted by atomic mass is 19.1. The Hall–Kier alpha value is -2.96. The predicted octanol–water partition coefficient (Wildman–Crippen LogP) is 3.06. The molecule has 27 heavy (non-hydrogen) atoms. The third kappa shape index (κ3) is 4.24. The van der Waals surface area contributed by atoms with Crippen molar-refractivity contribution in [3.63, 3.8) is 0 Å². The molecule has 0 radical (unpaired) electrons. The van der Waals surface area contributed by atoms with Gasteiger partial charge in [-0.2, -0.15) is 0 Å². The van der Waals surface area contributed by atoms with Crippen molar-refractivity contribution >= 4 is 23.2 Å². The summed E-state index contributed by atoms with van der Waals surface area (Å²) in [5.41, 5.74) is 1.95. The second kappa shape index (κ2) is 7.73. The molecule has 7 heteroatoms. The first kappa shape index (κ1) is 18.8. The van der Waals surface area contributed by atoms with Gasteiger partial charge in [-0.3, -0.25) is 9.59 Å². The molecule has 1 aliphatic rings. The molecule has 0 spiro atoms. The first-order chi connectivity index (χ1) is 12.8. The molecule has 0 unspecified atom stereocenters.